The Balaban J connectivity index is 2.31. The molecule has 160 valence electrons. The highest BCUT2D eigenvalue weighted by atomic mass is 79.9. The molecule has 0 spiro atoms. The van der Waals surface area contributed by atoms with Crippen molar-refractivity contribution in [1.82, 2.24) is 0 Å². The normalized spacial score (nSPS) is 11.1. The molecule has 0 aliphatic rings. The standard InChI is InChI=1S/C31H23BrO/c1-3-14-22(4-2)27-26(21-33)31(32)30(25-19-12-7-13-20-25)29(24-17-10-6-11-18-24)28(27)23-15-8-5-9-16-23/h3-21H,1-2H2/b22-14+. The molecule has 0 radical (unpaired) electrons. The van der Waals surface area contributed by atoms with Crippen LogP contribution in [-0.4, -0.2) is 6.29 Å². The van der Waals surface area contributed by atoms with Gasteiger partial charge >= 0.3 is 0 Å². The Morgan fingerprint density at radius 2 is 1.12 bits per heavy atom. The molecule has 0 unspecified atom stereocenters. The largest absolute Gasteiger partial charge is 0.298 e. The zero-order valence-electron chi connectivity index (χ0n) is 18.2. The van der Waals surface area contributed by atoms with E-state index in [2.05, 4.69) is 65.5 Å². The van der Waals surface area contributed by atoms with E-state index in [0.717, 1.165) is 55.3 Å². The van der Waals surface area contributed by atoms with Gasteiger partial charge in [-0.1, -0.05) is 122 Å². The predicted molar refractivity (Wildman–Crippen MR) is 144 cm³/mol. The summed E-state index contributed by atoms with van der Waals surface area (Å²) < 4.78 is 0.758. The molecular weight excluding hydrogens is 468 g/mol. The highest BCUT2D eigenvalue weighted by Gasteiger charge is 2.26. The van der Waals surface area contributed by atoms with Gasteiger partial charge in [-0.05, 0) is 49.3 Å². The highest BCUT2D eigenvalue weighted by Crippen LogP contribution is 2.49. The first-order valence-corrected chi connectivity index (χ1v) is 11.5. The molecule has 0 aromatic heterocycles. The van der Waals surface area contributed by atoms with Crippen LogP contribution in [-0.2, 0) is 0 Å². The Hall–Kier alpha value is -3.75. The summed E-state index contributed by atoms with van der Waals surface area (Å²) in [4.78, 5) is 12.6. The van der Waals surface area contributed by atoms with E-state index >= 15 is 0 Å². The Labute approximate surface area is 203 Å². The molecule has 0 atom stereocenters. The average molecular weight is 491 g/mol. The van der Waals surface area contributed by atoms with Gasteiger partial charge in [-0.25, -0.2) is 0 Å². The molecule has 0 bridgehead atoms. The average Bonchev–Trinajstić information content (AvgIpc) is 2.88. The van der Waals surface area contributed by atoms with E-state index in [9.17, 15) is 4.79 Å². The molecule has 4 aromatic carbocycles. The topological polar surface area (TPSA) is 17.1 Å². The maximum atomic E-state index is 12.6. The number of carbonyl (C=O) groups is 1. The number of aldehydes is 1. The summed E-state index contributed by atoms with van der Waals surface area (Å²) in [5, 5.41) is 0. The molecule has 0 aliphatic heterocycles. The minimum Gasteiger partial charge on any atom is -0.298 e. The summed E-state index contributed by atoms with van der Waals surface area (Å²) >= 11 is 3.81. The van der Waals surface area contributed by atoms with Crippen LogP contribution in [0, 0.1) is 0 Å². The summed E-state index contributed by atoms with van der Waals surface area (Å²) in [7, 11) is 0. The summed E-state index contributed by atoms with van der Waals surface area (Å²) in [6.45, 7) is 7.91. The van der Waals surface area contributed by atoms with Crippen molar-refractivity contribution < 1.29 is 4.79 Å². The van der Waals surface area contributed by atoms with Gasteiger partial charge in [-0.15, -0.1) is 0 Å². The zero-order valence-corrected chi connectivity index (χ0v) is 19.8. The Morgan fingerprint density at radius 3 is 1.55 bits per heavy atom. The molecule has 2 heteroatoms. The second-order valence-corrected chi connectivity index (χ2v) is 8.30. The van der Waals surface area contributed by atoms with Crippen molar-refractivity contribution in [3.63, 3.8) is 0 Å². The molecule has 0 N–H and O–H groups in total. The van der Waals surface area contributed by atoms with Crippen molar-refractivity contribution in [3.8, 4) is 33.4 Å². The van der Waals surface area contributed by atoms with Gasteiger partial charge in [0.15, 0.2) is 6.29 Å². The molecule has 1 nitrogen and oxygen atoms in total. The molecule has 4 aromatic rings. The second kappa shape index (κ2) is 10.2. The number of carbonyl (C=O) groups excluding carboxylic acids is 1. The lowest BCUT2D eigenvalue weighted by Gasteiger charge is -2.24. The van der Waals surface area contributed by atoms with Crippen LogP contribution in [0.5, 0.6) is 0 Å². The van der Waals surface area contributed by atoms with Crippen molar-refractivity contribution in [1.29, 1.82) is 0 Å². The fourth-order valence-corrected chi connectivity index (χ4v) is 4.91. The van der Waals surface area contributed by atoms with Crippen molar-refractivity contribution in [2.75, 3.05) is 0 Å². The minimum atomic E-state index is 0.584. The fourth-order valence-electron chi connectivity index (χ4n) is 4.19. The van der Waals surface area contributed by atoms with E-state index in [1.807, 2.05) is 60.7 Å². The van der Waals surface area contributed by atoms with Crippen molar-refractivity contribution in [3.05, 3.63) is 138 Å². The van der Waals surface area contributed by atoms with Crippen LogP contribution in [0.2, 0.25) is 0 Å². The van der Waals surface area contributed by atoms with Crippen LogP contribution in [0.4, 0.5) is 0 Å². The van der Waals surface area contributed by atoms with Gasteiger partial charge in [-0.2, -0.15) is 0 Å². The Kier molecular flexibility index (Phi) is 6.97. The summed E-state index contributed by atoms with van der Waals surface area (Å²) in [5.41, 5.74) is 8.39. The van der Waals surface area contributed by atoms with Gasteiger partial charge < -0.3 is 0 Å². The number of hydrogen-bond acceptors (Lipinski definition) is 1. The summed E-state index contributed by atoms with van der Waals surface area (Å²) in [6, 6.07) is 30.7. The van der Waals surface area contributed by atoms with E-state index < -0.39 is 0 Å². The lowest BCUT2D eigenvalue weighted by atomic mass is 9.80. The zero-order chi connectivity index (χ0) is 23.2. The number of hydrogen-bond donors (Lipinski definition) is 0. The molecule has 0 fully saturated rings. The van der Waals surface area contributed by atoms with Crippen LogP contribution < -0.4 is 0 Å². The van der Waals surface area contributed by atoms with Gasteiger partial charge in [0.05, 0.1) is 0 Å². The van der Waals surface area contributed by atoms with Gasteiger partial charge in [-0.3, -0.25) is 4.79 Å². The van der Waals surface area contributed by atoms with E-state index in [1.54, 1.807) is 12.2 Å². The SMILES string of the molecule is C=C/C=C(\C=C)c1c(C=O)c(Br)c(-c2ccccc2)c(-c2ccccc2)c1-c1ccccc1. The molecule has 0 aliphatic carbocycles. The minimum absolute atomic E-state index is 0.584. The van der Waals surface area contributed by atoms with E-state index in [1.165, 1.54) is 0 Å². The molecule has 4 rings (SSSR count). The van der Waals surface area contributed by atoms with Gasteiger partial charge in [0.25, 0.3) is 0 Å². The number of rotatable bonds is 7. The van der Waals surface area contributed by atoms with Crippen LogP contribution in [0.1, 0.15) is 15.9 Å². The Bertz CT molecular complexity index is 1330. The molecular formula is C31H23BrO. The lowest BCUT2D eigenvalue weighted by molar-refractivity contribution is 0.112. The molecule has 0 saturated carbocycles. The monoisotopic (exact) mass is 490 g/mol. The van der Waals surface area contributed by atoms with Gasteiger partial charge in [0.1, 0.15) is 0 Å². The van der Waals surface area contributed by atoms with Gasteiger partial charge in [0, 0.05) is 21.2 Å². The van der Waals surface area contributed by atoms with Crippen LogP contribution >= 0.6 is 15.9 Å². The maximum absolute atomic E-state index is 12.6. The fraction of sp³-hybridized carbons (Fsp3) is 0. The van der Waals surface area contributed by atoms with Crippen molar-refractivity contribution >= 4 is 27.8 Å². The van der Waals surface area contributed by atoms with Crippen molar-refractivity contribution in [2.24, 2.45) is 0 Å². The van der Waals surface area contributed by atoms with Crippen LogP contribution in [0.15, 0.2) is 127 Å². The first-order valence-electron chi connectivity index (χ1n) is 10.7. The highest BCUT2D eigenvalue weighted by molar-refractivity contribution is 9.10. The third-order valence-electron chi connectivity index (χ3n) is 5.59. The smallest absolute Gasteiger partial charge is 0.151 e. The predicted octanol–water partition coefficient (Wildman–Crippen LogP) is 9.02. The molecule has 0 saturated heterocycles. The van der Waals surface area contributed by atoms with E-state index in [4.69, 9.17) is 0 Å². The quantitative estimate of drug-likeness (QED) is 0.186. The Morgan fingerprint density at radius 1 is 0.667 bits per heavy atom. The van der Waals surface area contributed by atoms with Crippen molar-refractivity contribution in [2.45, 2.75) is 0 Å². The third kappa shape index (κ3) is 4.30. The first kappa shape index (κ1) is 22.4. The summed E-state index contributed by atoms with van der Waals surface area (Å²) in [5.74, 6) is 0. The molecule has 0 amide bonds. The number of allylic oxidation sites excluding steroid dienone is 4. The second-order valence-electron chi connectivity index (χ2n) is 7.51. The van der Waals surface area contributed by atoms with Crippen LogP contribution in [0.25, 0.3) is 39.0 Å². The van der Waals surface area contributed by atoms with Gasteiger partial charge in [0.2, 0.25) is 0 Å². The first-order chi connectivity index (χ1) is 16.2. The number of halogens is 1. The van der Waals surface area contributed by atoms with E-state index in [-0.39, 0.29) is 0 Å². The molecule has 33 heavy (non-hydrogen) atoms. The maximum Gasteiger partial charge on any atom is 0.151 e. The summed E-state index contributed by atoms with van der Waals surface area (Å²) in [6.07, 6.45) is 6.32. The number of benzene rings is 4. The third-order valence-corrected chi connectivity index (χ3v) is 6.41. The molecule has 0 heterocycles. The van der Waals surface area contributed by atoms with E-state index in [0.29, 0.717) is 5.56 Å². The van der Waals surface area contributed by atoms with Crippen LogP contribution in [0.3, 0.4) is 0 Å². The lowest BCUT2D eigenvalue weighted by Crippen LogP contribution is -2.03.